The van der Waals surface area contributed by atoms with E-state index in [-0.39, 0.29) is 48.4 Å². The minimum absolute atomic E-state index is 0.0846. The summed E-state index contributed by atoms with van der Waals surface area (Å²) in [5.41, 5.74) is 2.38. The number of carbonyl (C=O) groups is 2. The van der Waals surface area contributed by atoms with Gasteiger partial charge in [0.2, 0.25) is 18.4 Å². The van der Waals surface area contributed by atoms with E-state index in [9.17, 15) is 14.7 Å². The first kappa shape index (κ1) is 29.8. The van der Waals surface area contributed by atoms with Crippen molar-refractivity contribution in [3.8, 4) is 28.7 Å². The van der Waals surface area contributed by atoms with E-state index in [1.807, 2.05) is 12.1 Å². The number of esters is 1. The van der Waals surface area contributed by atoms with E-state index >= 15 is 0 Å². The number of phenols is 1. The molecular formula is C31H41N3O8. The van der Waals surface area contributed by atoms with Crippen LogP contribution in [0.2, 0.25) is 0 Å². The molecule has 0 spiro atoms. The van der Waals surface area contributed by atoms with Crippen LogP contribution in [0.25, 0.3) is 0 Å². The molecule has 42 heavy (non-hydrogen) atoms. The van der Waals surface area contributed by atoms with Crippen LogP contribution in [0.15, 0.2) is 24.3 Å². The van der Waals surface area contributed by atoms with E-state index in [2.05, 4.69) is 29.4 Å². The maximum absolute atomic E-state index is 13.3. The van der Waals surface area contributed by atoms with Crippen LogP contribution in [0, 0.1) is 11.8 Å². The second-order valence-corrected chi connectivity index (χ2v) is 10.8. The highest BCUT2D eigenvalue weighted by molar-refractivity contribution is 5.81. The first-order valence-electron chi connectivity index (χ1n) is 14.7. The zero-order chi connectivity index (χ0) is 29.8. The lowest BCUT2D eigenvalue weighted by Crippen LogP contribution is -2.43. The van der Waals surface area contributed by atoms with Crippen molar-refractivity contribution < 1.29 is 38.4 Å². The number of hydrogen-bond acceptors (Lipinski definition) is 10. The van der Waals surface area contributed by atoms with Crippen LogP contribution >= 0.6 is 0 Å². The van der Waals surface area contributed by atoms with Crippen molar-refractivity contribution in [1.29, 1.82) is 0 Å². The lowest BCUT2D eigenvalue weighted by molar-refractivity contribution is -0.141. The predicted molar refractivity (Wildman–Crippen MR) is 154 cm³/mol. The molecule has 1 saturated heterocycles. The first-order chi connectivity index (χ1) is 20.4. The molecule has 2 heterocycles. The molecule has 5 rings (SSSR count). The molecule has 3 N–H and O–H groups in total. The first-order valence-corrected chi connectivity index (χ1v) is 14.7. The van der Waals surface area contributed by atoms with Crippen molar-refractivity contribution in [1.82, 2.24) is 15.5 Å². The molecule has 1 fully saturated rings. The number of carbonyl (C=O) groups excluding carboxylic acids is 2. The Labute approximate surface area is 246 Å². The third kappa shape index (κ3) is 5.80. The molecule has 4 atom stereocenters. The van der Waals surface area contributed by atoms with E-state index in [1.165, 1.54) is 14.2 Å². The second-order valence-electron chi connectivity index (χ2n) is 10.8. The summed E-state index contributed by atoms with van der Waals surface area (Å²) in [5.74, 6) is -0.261. The molecule has 2 aliphatic heterocycles. The van der Waals surface area contributed by atoms with Crippen LogP contribution in [0.5, 0.6) is 28.7 Å². The molecule has 1 amide bonds. The maximum atomic E-state index is 13.3. The molecule has 2 aromatic carbocycles. The van der Waals surface area contributed by atoms with Crippen molar-refractivity contribution in [3.05, 3.63) is 41.0 Å². The summed E-state index contributed by atoms with van der Waals surface area (Å²) < 4.78 is 27.9. The normalized spacial score (nSPS) is 22.0. The predicted octanol–water partition coefficient (Wildman–Crippen LogP) is 2.94. The Morgan fingerprint density at radius 2 is 1.67 bits per heavy atom. The number of nitrogens with one attached hydrogen (secondary N) is 2. The number of nitrogens with zero attached hydrogens (tertiary/aromatic N) is 1. The minimum Gasteiger partial charge on any atom is -0.502 e. The second kappa shape index (κ2) is 13.1. The van der Waals surface area contributed by atoms with Gasteiger partial charge in [0.05, 0.1) is 32.8 Å². The Balaban J connectivity index is 1.41. The summed E-state index contributed by atoms with van der Waals surface area (Å²) >= 11 is 0. The molecule has 0 bridgehead atoms. The fourth-order valence-electron chi connectivity index (χ4n) is 6.36. The summed E-state index contributed by atoms with van der Waals surface area (Å²) in [6, 6.07) is 6.76. The van der Waals surface area contributed by atoms with Gasteiger partial charge in [-0.25, -0.2) is 0 Å². The van der Waals surface area contributed by atoms with Gasteiger partial charge in [-0.2, -0.15) is 0 Å². The molecule has 2 unspecified atom stereocenters. The van der Waals surface area contributed by atoms with Gasteiger partial charge < -0.3 is 44.3 Å². The highest BCUT2D eigenvalue weighted by Gasteiger charge is 2.53. The fourth-order valence-corrected chi connectivity index (χ4v) is 6.36. The molecular weight excluding hydrogens is 542 g/mol. The van der Waals surface area contributed by atoms with Gasteiger partial charge >= 0.3 is 5.97 Å². The number of fused-ring (bicyclic) bond motifs is 3. The number of cyclic esters (lactones) is 1. The van der Waals surface area contributed by atoms with Crippen LogP contribution in [-0.2, 0) is 14.3 Å². The van der Waals surface area contributed by atoms with Crippen molar-refractivity contribution in [2.45, 2.75) is 38.6 Å². The average Bonchev–Trinajstić information content (AvgIpc) is 3.62. The van der Waals surface area contributed by atoms with Gasteiger partial charge in [0, 0.05) is 31.3 Å². The standard InChI is InChI=1S/C31H41N3O8/c1-5-34(6-2)11-10-32-9-7-8-26(35)33-29-20-15-23-22(41-17-42-23)14-19(20)27(28-21(29)16-40-31(28)37)18-12-24(38-3)30(36)25(13-18)39-4/h12-15,21,27-29,32,36H,5-11,16-17H2,1-4H3,(H,33,35)/t21?,27?,28-,29+/m0/s1. The van der Waals surface area contributed by atoms with Crippen molar-refractivity contribution in [2.24, 2.45) is 11.8 Å². The van der Waals surface area contributed by atoms with E-state index < -0.39 is 17.9 Å². The summed E-state index contributed by atoms with van der Waals surface area (Å²) in [4.78, 5) is 28.9. The van der Waals surface area contributed by atoms with Crippen LogP contribution in [0.1, 0.15) is 55.3 Å². The zero-order valence-electron chi connectivity index (χ0n) is 24.7. The van der Waals surface area contributed by atoms with Crippen molar-refractivity contribution in [3.63, 3.8) is 0 Å². The van der Waals surface area contributed by atoms with Crippen molar-refractivity contribution in [2.75, 3.05) is 60.3 Å². The van der Waals surface area contributed by atoms with Gasteiger partial charge in [-0.05, 0) is 67.0 Å². The molecule has 0 aromatic heterocycles. The van der Waals surface area contributed by atoms with Gasteiger partial charge in [-0.15, -0.1) is 0 Å². The molecule has 2 aromatic rings. The Morgan fingerprint density at radius 1 is 1.00 bits per heavy atom. The molecule has 1 aliphatic carbocycles. The number of benzene rings is 2. The Kier molecular flexibility index (Phi) is 9.27. The van der Waals surface area contributed by atoms with E-state index in [0.29, 0.717) is 24.3 Å². The number of phenolic OH excluding ortho intramolecular Hbond substituents is 1. The quantitative estimate of drug-likeness (QED) is 0.239. The topological polar surface area (TPSA) is 128 Å². The van der Waals surface area contributed by atoms with Crippen LogP contribution in [-0.4, -0.2) is 82.2 Å². The van der Waals surface area contributed by atoms with Gasteiger partial charge in [-0.1, -0.05) is 13.8 Å². The van der Waals surface area contributed by atoms with Gasteiger partial charge in [-0.3, -0.25) is 9.59 Å². The number of amides is 1. The SMILES string of the molecule is CCN(CC)CCNCCCC(=O)N[C@@H]1c2cc3c(cc2C(c2cc(OC)c(O)c(OC)c2)[C@H]2C(=O)OCC21)OCO3. The van der Waals surface area contributed by atoms with Crippen LogP contribution in [0.4, 0.5) is 0 Å². The molecule has 11 heteroatoms. The number of rotatable bonds is 13. The average molecular weight is 584 g/mol. The summed E-state index contributed by atoms with van der Waals surface area (Å²) in [5, 5.41) is 17.2. The maximum Gasteiger partial charge on any atom is 0.310 e. The Morgan fingerprint density at radius 3 is 2.31 bits per heavy atom. The van der Waals surface area contributed by atoms with Crippen LogP contribution < -0.4 is 29.6 Å². The number of likely N-dealkylation sites (N-methyl/N-ethyl adjacent to an activating group) is 1. The number of ether oxygens (including phenoxy) is 5. The van der Waals surface area contributed by atoms with Crippen LogP contribution in [0.3, 0.4) is 0 Å². The lowest BCUT2D eigenvalue weighted by Gasteiger charge is -2.39. The Bertz CT molecular complexity index is 1270. The summed E-state index contributed by atoms with van der Waals surface area (Å²) in [6.07, 6.45) is 1.06. The fraction of sp³-hybridized carbons (Fsp3) is 0.548. The van der Waals surface area contributed by atoms with Gasteiger partial charge in [0.25, 0.3) is 0 Å². The number of hydrogen-bond donors (Lipinski definition) is 3. The highest BCUT2D eigenvalue weighted by Crippen LogP contribution is 2.55. The molecule has 228 valence electrons. The highest BCUT2D eigenvalue weighted by atomic mass is 16.7. The van der Waals surface area contributed by atoms with Gasteiger partial charge in [0.15, 0.2) is 23.0 Å². The van der Waals surface area contributed by atoms with Crippen molar-refractivity contribution >= 4 is 11.9 Å². The van der Waals surface area contributed by atoms with E-state index in [4.69, 9.17) is 23.7 Å². The van der Waals surface area contributed by atoms with E-state index in [1.54, 1.807) is 12.1 Å². The third-order valence-electron chi connectivity index (χ3n) is 8.62. The Hall–Kier alpha value is -3.70. The third-order valence-corrected chi connectivity index (χ3v) is 8.62. The minimum atomic E-state index is -0.580. The molecule has 0 saturated carbocycles. The van der Waals surface area contributed by atoms with E-state index in [0.717, 1.165) is 49.4 Å². The van der Waals surface area contributed by atoms with Gasteiger partial charge in [0.1, 0.15) is 0 Å². The smallest absolute Gasteiger partial charge is 0.310 e. The number of methoxy groups -OCH3 is 2. The monoisotopic (exact) mass is 583 g/mol. The lowest BCUT2D eigenvalue weighted by atomic mass is 9.65. The summed E-state index contributed by atoms with van der Waals surface area (Å²) in [7, 11) is 2.92. The molecule has 11 nitrogen and oxygen atoms in total. The molecule has 3 aliphatic rings. The largest absolute Gasteiger partial charge is 0.502 e. The number of aromatic hydroxyl groups is 1. The zero-order valence-corrected chi connectivity index (χ0v) is 24.7. The summed E-state index contributed by atoms with van der Waals surface area (Å²) in [6.45, 7) is 9.22. The molecule has 0 radical (unpaired) electrons.